The van der Waals surface area contributed by atoms with Crippen molar-refractivity contribution in [3.05, 3.63) is 90.0 Å². The molecule has 0 aromatic heterocycles. The van der Waals surface area contributed by atoms with Gasteiger partial charge in [-0.1, -0.05) is 75.2 Å². The van der Waals surface area contributed by atoms with E-state index in [9.17, 15) is 0 Å². The van der Waals surface area contributed by atoms with Gasteiger partial charge in [0.05, 0.1) is 10.9 Å². The monoisotopic (exact) mass is 375 g/mol. The third-order valence-corrected chi connectivity index (χ3v) is 7.25. The van der Waals surface area contributed by atoms with Crippen LogP contribution in [0.25, 0.3) is 0 Å². The van der Waals surface area contributed by atoms with Gasteiger partial charge in [-0.3, -0.25) is 0 Å². The van der Waals surface area contributed by atoms with Crippen LogP contribution in [0, 0.1) is 0 Å². The quantitative estimate of drug-likeness (QED) is 0.340. The summed E-state index contributed by atoms with van der Waals surface area (Å²) >= 11 is 0. The molecule has 0 radical (unpaired) electrons. The highest BCUT2D eigenvalue weighted by atomic mass is 32.2. The second-order valence-electron chi connectivity index (χ2n) is 7.08. The minimum absolute atomic E-state index is 0.0436. The molecule has 0 amide bonds. The number of aryl methyl sites for hydroxylation is 2. The van der Waals surface area contributed by atoms with Crippen LogP contribution < -0.4 is 0 Å². The van der Waals surface area contributed by atoms with Crippen molar-refractivity contribution in [2.75, 3.05) is 0 Å². The van der Waals surface area contributed by atoms with Gasteiger partial charge in [-0.15, -0.1) is 0 Å². The van der Waals surface area contributed by atoms with E-state index in [4.69, 9.17) is 0 Å². The van der Waals surface area contributed by atoms with Crippen LogP contribution in [0.1, 0.15) is 50.7 Å². The van der Waals surface area contributed by atoms with Crippen LogP contribution in [0.4, 0.5) is 0 Å². The highest BCUT2D eigenvalue weighted by molar-refractivity contribution is 7.97. The lowest BCUT2D eigenvalue weighted by Gasteiger charge is -2.13. The lowest BCUT2D eigenvalue weighted by Crippen LogP contribution is -2.08. The summed E-state index contributed by atoms with van der Waals surface area (Å²) in [5.41, 5.74) is 3.04. The number of rotatable bonds is 9. The largest absolute Gasteiger partial charge is 0.169 e. The first-order valence-corrected chi connectivity index (χ1v) is 11.5. The highest BCUT2D eigenvalue weighted by Crippen LogP contribution is 2.34. The summed E-state index contributed by atoms with van der Waals surface area (Å²) in [7, 11) is -0.0436. The second-order valence-corrected chi connectivity index (χ2v) is 9.08. The summed E-state index contributed by atoms with van der Waals surface area (Å²) in [5, 5.41) is 0. The lowest BCUT2D eigenvalue weighted by molar-refractivity contribution is 0.772. The molecule has 3 aromatic carbocycles. The Kier molecular flexibility index (Phi) is 7.59. The average molecular weight is 376 g/mol. The van der Waals surface area contributed by atoms with Gasteiger partial charge in [0.15, 0.2) is 14.7 Å². The van der Waals surface area contributed by atoms with Gasteiger partial charge in [-0.2, -0.15) is 0 Å². The summed E-state index contributed by atoms with van der Waals surface area (Å²) < 4.78 is 0. The van der Waals surface area contributed by atoms with Crippen LogP contribution in [0.3, 0.4) is 0 Å². The summed E-state index contributed by atoms with van der Waals surface area (Å²) in [6.07, 6.45) is 7.39. The Bertz CT molecular complexity index is 769. The molecular weight excluding hydrogens is 344 g/mol. The molecule has 0 saturated carbocycles. The molecule has 3 aromatic rings. The molecule has 0 fully saturated rings. The number of benzene rings is 3. The van der Waals surface area contributed by atoms with Gasteiger partial charge in [0.2, 0.25) is 0 Å². The van der Waals surface area contributed by atoms with E-state index in [2.05, 4.69) is 92.7 Å². The van der Waals surface area contributed by atoms with Crippen LogP contribution in [-0.4, -0.2) is 0 Å². The van der Waals surface area contributed by atoms with Crippen molar-refractivity contribution < 1.29 is 0 Å². The standard InChI is InChI=1S/C26H31S/c1-3-5-13-22-19-20-26(23(21-22)14-6-4-2)27(24-15-9-7-10-16-24)25-17-11-8-12-18-25/h7-12,15-21H,3-6,13-14H2,1-2H3/q+1. The minimum Gasteiger partial charge on any atom is -0.0654 e. The van der Waals surface area contributed by atoms with Crippen LogP contribution in [-0.2, 0) is 23.7 Å². The molecule has 3 rings (SSSR count). The van der Waals surface area contributed by atoms with E-state index in [1.807, 2.05) is 0 Å². The van der Waals surface area contributed by atoms with Gasteiger partial charge >= 0.3 is 0 Å². The first-order chi connectivity index (χ1) is 13.3. The van der Waals surface area contributed by atoms with Crippen molar-refractivity contribution in [2.45, 2.75) is 67.1 Å². The third kappa shape index (κ3) is 5.26. The molecule has 1 heteroatoms. The maximum absolute atomic E-state index is 2.49. The fourth-order valence-electron chi connectivity index (χ4n) is 3.43. The van der Waals surface area contributed by atoms with E-state index in [0.717, 1.165) is 0 Å². The Morgan fingerprint density at radius 3 is 1.74 bits per heavy atom. The van der Waals surface area contributed by atoms with E-state index in [0.29, 0.717) is 0 Å². The normalized spacial score (nSPS) is 11.1. The molecule has 0 aliphatic rings. The first kappa shape index (κ1) is 19.8. The third-order valence-electron chi connectivity index (χ3n) is 4.92. The van der Waals surface area contributed by atoms with Crippen molar-refractivity contribution in [3.63, 3.8) is 0 Å². The van der Waals surface area contributed by atoms with Gasteiger partial charge in [-0.05, 0) is 61.6 Å². The zero-order valence-corrected chi connectivity index (χ0v) is 17.5. The molecule has 0 bridgehead atoms. The average Bonchev–Trinajstić information content (AvgIpc) is 2.73. The Balaban J connectivity index is 2.07. The van der Waals surface area contributed by atoms with E-state index in [1.165, 1.54) is 58.8 Å². The maximum atomic E-state index is 2.49. The van der Waals surface area contributed by atoms with Gasteiger partial charge in [0.1, 0.15) is 0 Å². The van der Waals surface area contributed by atoms with E-state index < -0.39 is 0 Å². The topological polar surface area (TPSA) is 0 Å². The zero-order valence-electron chi connectivity index (χ0n) is 16.7. The number of hydrogen-bond donors (Lipinski definition) is 0. The molecule has 0 aliphatic heterocycles. The van der Waals surface area contributed by atoms with Gasteiger partial charge < -0.3 is 0 Å². The lowest BCUT2D eigenvalue weighted by atomic mass is 10.0. The van der Waals surface area contributed by atoms with Crippen molar-refractivity contribution in [3.8, 4) is 0 Å². The fraction of sp³-hybridized carbons (Fsp3) is 0.308. The molecule has 0 spiro atoms. The van der Waals surface area contributed by atoms with Crippen LogP contribution >= 0.6 is 0 Å². The SMILES string of the molecule is CCCCc1ccc([S+](c2ccccc2)c2ccccc2)c(CCCC)c1. The Morgan fingerprint density at radius 1 is 0.630 bits per heavy atom. The first-order valence-electron chi connectivity index (χ1n) is 10.3. The van der Waals surface area contributed by atoms with Crippen LogP contribution in [0.2, 0.25) is 0 Å². The summed E-state index contributed by atoms with van der Waals surface area (Å²) in [6, 6.07) is 29.3. The van der Waals surface area contributed by atoms with Gasteiger partial charge in [-0.25, -0.2) is 0 Å². The minimum atomic E-state index is -0.0436. The molecule has 0 atom stereocenters. The van der Waals surface area contributed by atoms with Crippen molar-refractivity contribution in [1.82, 2.24) is 0 Å². The van der Waals surface area contributed by atoms with E-state index in [1.54, 1.807) is 5.56 Å². The maximum Gasteiger partial charge on any atom is 0.169 e. The zero-order chi connectivity index (χ0) is 18.9. The molecule has 0 N–H and O–H groups in total. The Morgan fingerprint density at radius 2 is 1.19 bits per heavy atom. The smallest absolute Gasteiger partial charge is 0.0654 e. The fourth-order valence-corrected chi connectivity index (χ4v) is 5.70. The second kappa shape index (κ2) is 10.4. The highest BCUT2D eigenvalue weighted by Gasteiger charge is 2.30. The molecule has 0 unspecified atom stereocenters. The Labute approximate surface area is 168 Å². The molecule has 0 aliphatic carbocycles. The van der Waals surface area contributed by atoms with Crippen molar-refractivity contribution in [2.24, 2.45) is 0 Å². The number of unbranched alkanes of at least 4 members (excludes halogenated alkanes) is 2. The van der Waals surface area contributed by atoms with Crippen LogP contribution in [0.5, 0.6) is 0 Å². The molecule has 27 heavy (non-hydrogen) atoms. The van der Waals surface area contributed by atoms with Crippen LogP contribution in [0.15, 0.2) is 93.5 Å². The van der Waals surface area contributed by atoms with Gasteiger partial charge in [0, 0.05) is 5.56 Å². The molecule has 0 saturated heterocycles. The molecular formula is C26H31S+. The Hall–Kier alpha value is -1.99. The van der Waals surface area contributed by atoms with E-state index in [-0.39, 0.29) is 10.9 Å². The van der Waals surface area contributed by atoms with Crippen molar-refractivity contribution in [1.29, 1.82) is 0 Å². The number of hydrogen-bond acceptors (Lipinski definition) is 0. The van der Waals surface area contributed by atoms with Crippen molar-refractivity contribution >= 4 is 10.9 Å². The van der Waals surface area contributed by atoms with Gasteiger partial charge in [0.25, 0.3) is 0 Å². The predicted octanol–water partition coefficient (Wildman–Crippen LogP) is 7.47. The summed E-state index contributed by atoms with van der Waals surface area (Å²) in [6.45, 7) is 4.56. The molecule has 140 valence electrons. The predicted molar refractivity (Wildman–Crippen MR) is 119 cm³/mol. The summed E-state index contributed by atoms with van der Waals surface area (Å²) in [5.74, 6) is 0. The summed E-state index contributed by atoms with van der Waals surface area (Å²) in [4.78, 5) is 4.31. The molecule has 0 heterocycles. The molecule has 0 nitrogen and oxygen atoms in total. The van der Waals surface area contributed by atoms with E-state index >= 15 is 0 Å².